The average Bonchev–Trinajstić information content (AvgIpc) is 2.72. The Balaban J connectivity index is 1.99. The van der Waals surface area contributed by atoms with Crippen LogP contribution in [0, 0.1) is 13.8 Å². The number of hydrogen-bond acceptors (Lipinski definition) is 5. The second kappa shape index (κ2) is 4.20. The van der Waals surface area contributed by atoms with Crippen LogP contribution in [0.25, 0.3) is 0 Å². The third-order valence-corrected chi connectivity index (χ3v) is 3.06. The fourth-order valence-corrected chi connectivity index (χ4v) is 1.94. The molecule has 0 atom stereocenters. The van der Waals surface area contributed by atoms with Gasteiger partial charge >= 0.3 is 0 Å². The van der Waals surface area contributed by atoms with E-state index in [1.54, 1.807) is 5.38 Å². The highest BCUT2D eigenvalue weighted by Crippen LogP contribution is 2.19. The molecular weight excluding hydrogens is 234 g/mol. The van der Waals surface area contributed by atoms with E-state index in [4.69, 9.17) is 16.0 Å². The number of thiazole rings is 1. The van der Waals surface area contributed by atoms with Crippen LogP contribution in [0.15, 0.2) is 9.80 Å². The second-order valence-corrected chi connectivity index (χ2v) is 4.32. The molecule has 0 bridgehead atoms. The molecule has 6 heteroatoms. The molecule has 2 aromatic rings. The number of nitrogens with zero attached hydrogens (tertiary/aromatic N) is 2. The summed E-state index contributed by atoms with van der Waals surface area (Å²) in [4.78, 5) is 8.31. The number of halogens is 1. The summed E-state index contributed by atoms with van der Waals surface area (Å²) in [7, 11) is 0. The van der Waals surface area contributed by atoms with E-state index in [0.29, 0.717) is 17.6 Å². The minimum absolute atomic E-state index is 0.502. The zero-order valence-corrected chi connectivity index (χ0v) is 9.95. The van der Waals surface area contributed by atoms with E-state index in [1.165, 1.54) is 11.3 Å². The predicted octanol–water partition coefficient (Wildman–Crippen LogP) is 3.01. The summed E-state index contributed by atoms with van der Waals surface area (Å²) in [5, 5.41) is 6.14. The first-order valence-electron chi connectivity index (χ1n) is 4.43. The van der Waals surface area contributed by atoms with Crippen LogP contribution in [-0.4, -0.2) is 9.97 Å². The first-order valence-corrected chi connectivity index (χ1v) is 5.68. The molecule has 2 heterocycles. The van der Waals surface area contributed by atoms with E-state index < -0.39 is 0 Å². The van der Waals surface area contributed by atoms with Crippen LogP contribution in [0.2, 0.25) is 5.15 Å². The maximum absolute atomic E-state index is 5.69. The predicted molar refractivity (Wildman–Crippen MR) is 60.4 cm³/mol. The van der Waals surface area contributed by atoms with Crippen molar-refractivity contribution in [2.75, 3.05) is 5.32 Å². The van der Waals surface area contributed by atoms with Crippen LogP contribution in [0.3, 0.4) is 0 Å². The van der Waals surface area contributed by atoms with Crippen molar-refractivity contribution in [3.05, 3.63) is 27.9 Å². The van der Waals surface area contributed by atoms with Crippen LogP contribution in [-0.2, 0) is 6.54 Å². The van der Waals surface area contributed by atoms with E-state index in [2.05, 4.69) is 15.3 Å². The maximum atomic E-state index is 5.69. The van der Waals surface area contributed by atoms with Gasteiger partial charge < -0.3 is 9.73 Å². The normalized spacial score (nSPS) is 10.6. The molecule has 2 aromatic heterocycles. The van der Waals surface area contributed by atoms with Crippen molar-refractivity contribution in [2.45, 2.75) is 20.4 Å². The number of anilines is 1. The fraction of sp³-hybridized carbons (Fsp3) is 0.333. The standard InChI is InChI=1S/C9H10ClN3OS/c1-5-6(2)14-8(12-5)3-11-9-13-7(10)4-15-9/h4H,3H2,1-2H3,(H,11,13). The molecule has 0 amide bonds. The summed E-state index contributed by atoms with van der Waals surface area (Å²) in [5.41, 5.74) is 0.920. The van der Waals surface area contributed by atoms with Gasteiger partial charge in [0, 0.05) is 5.38 Å². The molecular formula is C9H10ClN3OS. The molecule has 0 aliphatic heterocycles. The summed E-state index contributed by atoms with van der Waals surface area (Å²) in [5.74, 6) is 1.51. The smallest absolute Gasteiger partial charge is 0.214 e. The van der Waals surface area contributed by atoms with Gasteiger partial charge in [-0.3, -0.25) is 0 Å². The Morgan fingerprint density at radius 3 is 2.80 bits per heavy atom. The molecule has 80 valence electrons. The monoisotopic (exact) mass is 243 g/mol. The van der Waals surface area contributed by atoms with Crippen LogP contribution in [0.1, 0.15) is 17.3 Å². The van der Waals surface area contributed by atoms with E-state index in [9.17, 15) is 0 Å². The Labute approximate surface area is 96.3 Å². The lowest BCUT2D eigenvalue weighted by atomic mass is 10.4. The number of rotatable bonds is 3. The lowest BCUT2D eigenvalue weighted by molar-refractivity contribution is 0.478. The lowest BCUT2D eigenvalue weighted by Crippen LogP contribution is -1.98. The van der Waals surface area contributed by atoms with Crippen molar-refractivity contribution in [1.82, 2.24) is 9.97 Å². The topological polar surface area (TPSA) is 51.0 Å². The van der Waals surface area contributed by atoms with Gasteiger partial charge in [0.1, 0.15) is 10.9 Å². The van der Waals surface area contributed by atoms with E-state index in [1.807, 2.05) is 13.8 Å². The Morgan fingerprint density at radius 1 is 1.47 bits per heavy atom. The lowest BCUT2D eigenvalue weighted by Gasteiger charge is -1.96. The molecule has 15 heavy (non-hydrogen) atoms. The summed E-state index contributed by atoms with van der Waals surface area (Å²) in [6.07, 6.45) is 0. The minimum Gasteiger partial charge on any atom is -0.444 e. The Hall–Kier alpha value is -1.07. The van der Waals surface area contributed by atoms with Crippen molar-refractivity contribution in [3.63, 3.8) is 0 Å². The highest BCUT2D eigenvalue weighted by atomic mass is 35.5. The number of aromatic nitrogens is 2. The van der Waals surface area contributed by atoms with Crippen molar-refractivity contribution in [2.24, 2.45) is 0 Å². The SMILES string of the molecule is Cc1nc(CNc2nc(Cl)cs2)oc1C. The molecule has 0 aliphatic carbocycles. The highest BCUT2D eigenvalue weighted by Gasteiger charge is 2.06. The van der Waals surface area contributed by atoms with Crippen LogP contribution >= 0.6 is 22.9 Å². The Morgan fingerprint density at radius 2 is 2.27 bits per heavy atom. The first kappa shape index (κ1) is 10.4. The molecule has 1 N–H and O–H groups in total. The van der Waals surface area contributed by atoms with Gasteiger partial charge in [0.2, 0.25) is 5.89 Å². The van der Waals surface area contributed by atoms with Crippen LogP contribution in [0.4, 0.5) is 5.13 Å². The molecule has 0 unspecified atom stereocenters. The third kappa shape index (κ3) is 2.49. The Bertz CT molecular complexity index is 446. The molecule has 0 saturated heterocycles. The zero-order valence-electron chi connectivity index (χ0n) is 8.37. The largest absolute Gasteiger partial charge is 0.444 e. The van der Waals surface area contributed by atoms with Crippen molar-refractivity contribution >= 4 is 28.1 Å². The molecule has 0 aliphatic rings. The van der Waals surface area contributed by atoms with Gasteiger partial charge in [-0.2, -0.15) is 0 Å². The van der Waals surface area contributed by atoms with Crippen molar-refractivity contribution < 1.29 is 4.42 Å². The van der Waals surface area contributed by atoms with Gasteiger partial charge in [-0.1, -0.05) is 11.6 Å². The molecule has 4 nitrogen and oxygen atoms in total. The minimum atomic E-state index is 0.502. The quantitative estimate of drug-likeness (QED) is 0.900. The van der Waals surface area contributed by atoms with Crippen molar-refractivity contribution in [1.29, 1.82) is 0 Å². The first-order chi connectivity index (χ1) is 7.15. The number of hydrogen-bond donors (Lipinski definition) is 1. The van der Waals surface area contributed by atoms with E-state index in [-0.39, 0.29) is 0 Å². The molecule has 0 radical (unpaired) electrons. The number of nitrogens with one attached hydrogen (secondary N) is 1. The van der Waals surface area contributed by atoms with E-state index in [0.717, 1.165) is 16.6 Å². The molecule has 2 rings (SSSR count). The Kier molecular flexibility index (Phi) is 2.93. The molecule has 0 spiro atoms. The van der Waals surface area contributed by atoms with Crippen LogP contribution in [0.5, 0.6) is 0 Å². The summed E-state index contributed by atoms with van der Waals surface area (Å²) in [6, 6.07) is 0. The van der Waals surface area contributed by atoms with Gasteiger partial charge in [-0.15, -0.1) is 11.3 Å². The zero-order chi connectivity index (χ0) is 10.8. The summed E-state index contributed by atoms with van der Waals surface area (Å²) in [6.45, 7) is 4.34. The van der Waals surface area contributed by atoms with Gasteiger partial charge in [-0.05, 0) is 13.8 Å². The molecule has 0 saturated carbocycles. The van der Waals surface area contributed by atoms with Crippen molar-refractivity contribution in [3.8, 4) is 0 Å². The fourth-order valence-electron chi connectivity index (χ4n) is 1.10. The van der Waals surface area contributed by atoms with Gasteiger partial charge in [0.05, 0.1) is 12.2 Å². The summed E-state index contributed by atoms with van der Waals surface area (Å²) >= 11 is 7.15. The average molecular weight is 244 g/mol. The second-order valence-electron chi connectivity index (χ2n) is 3.08. The number of aryl methyl sites for hydroxylation is 2. The van der Waals surface area contributed by atoms with Gasteiger partial charge in [0.25, 0.3) is 0 Å². The summed E-state index contributed by atoms with van der Waals surface area (Å²) < 4.78 is 5.41. The van der Waals surface area contributed by atoms with E-state index >= 15 is 0 Å². The maximum Gasteiger partial charge on any atom is 0.214 e. The highest BCUT2D eigenvalue weighted by molar-refractivity contribution is 7.14. The number of oxazole rings is 1. The third-order valence-electron chi connectivity index (χ3n) is 1.94. The van der Waals surface area contributed by atoms with Crippen LogP contribution < -0.4 is 5.32 Å². The molecule has 0 fully saturated rings. The van der Waals surface area contributed by atoms with Gasteiger partial charge in [-0.25, -0.2) is 9.97 Å². The molecule has 0 aromatic carbocycles. The van der Waals surface area contributed by atoms with Gasteiger partial charge in [0.15, 0.2) is 5.13 Å².